The summed E-state index contributed by atoms with van der Waals surface area (Å²) in [6, 6.07) is 13.3. The highest BCUT2D eigenvalue weighted by Crippen LogP contribution is 2.51. The zero-order chi connectivity index (χ0) is 24.8. The number of nitrogens with one attached hydrogen (secondary N) is 1. The van der Waals surface area contributed by atoms with Crippen LogP contribution in [0.3, 0.4) is 0 Å². The second kappa shape index (κ2) is 8.35. The Morgan fingerprint density at radius 3 is 2.63 bits per heavy atom. The molecule has 3 heterocycles. The number of aromatic hydroxyl groups is 1. The summed E-state index contributed by atoms with van der Waals surface area (Å²) in [5.74, 6) is 0.660. The summed E-state index contributed by atoms with van der Waals surface area (Å²) >= 11 is 0. The van der Waals surface area contributed by atoms with E-state index in [-0.39, 0.29) is 24.8 Å². The summed E-state index contributed by atoms with van der Waals surface area (Å²) in [4.78, 5) is 21.1. The van der Waals surface area contributed by atoms with Gasteiger partial charge in [0.1, 0.15) is 40.8 Å². The van der Waals surface area contributed by atoms with Gasteiger partial charge in [0.05, 0.1) is 6.61 Å². The van der Waals surface area contributed by atoms with E-state index < -0.39 is 23.2 Å². The van der Waals surface area contributed by atoms with Crippen LogP contribution in [0, 0.1) is 5.95 Å². The first-order valence-corrected chi connectivity index (χ1v) is 11.1. The normalized spacial score (nSPS) is 18.7. The topological polar surface area (TPSA) is 102 Å². The maximum Gasteiger partial charge on any atom is 0.413 e. The number of aromatic nitrogens is 1. The highest BCUT2D eigenvalue weighted by atomic mass is 19.1. The van der Waals surface area contributed by atoms with Crippen molar-refractivity contribution >= 4 is 11.9 Å². The molecule has 5 rings (SSSR count). The maximum absolute atomic E-state index is 14.5. The molecule has 0 radical (unpaired) electrons. The zero-order valence-corrected chi connectivity index (χ0v) is 19.5. The van der Waals surface area contributed by atoms with Crippen molar-refractivity contribution in [1.82, 2.24) is 10.3 Å². The molecule has 2 aromatic carbocycles. The van der Waals surface area contributed by atoms with Crippen molar-refractivity contribution < 1.29 is 28.5 Å². The Balaban J connectivity index is 1.66. The van der Waals surface area contributed by atoms with Crippen LogP contribution < -0.4 is 10.1 Å². The third-order valence-corrected chi connectivity index (χ3v) is 5.64. The average Bonchev–Trinajstić information content (AvgIpc) is 2.79. The average molecular weight is 477 g/mol. The van der Waals surface area contributed by atoms with Gasteiger partial charge in [-0.15, -0.1) is 0 Å². The minimum Gasteiger partial charge on any atom is -0.508 e. The summed E-state index contributed by atoms with van der Waals surface area (Å²) in [5.41, 5.74) is 0.184. The van der Waals surface area contributed by atoms with E-state index in [1.165, 1.54) is 12.3 Å². The number of halogens is 1. The van der Waals surface area contributed by atoms with E-state index in [9.17, 15) is 14.3 Å². The molecule has 0 bridgehead atoms. The lowest BCUT2D eigenvalue weighted by molar-refractivity contribution is 0.0545. The van der Waals surface area contributed by atoms with Crippen LogP contribution in [0.1, 0.15) is 31.9 Å². The van der Waals surface area contributed by atoms with Crippen molar-refractivity contribution in [2.24, 2.45) is 4.99 Å². The van der Waals surface area contributed by atoms with Crippen molar-refractivity contribution in [2.75, 3.05) is 13.2 Å². The zero-order valence-electron chi connectivity index (χ0n) is 19.5. The fourth-order valence-electron chi connectivity index (χ4n) is 4.26. The van der Waals surface area contributed by atoms with Gasteiger partial charge in [0.25, 0.3) is 0 Å². The van der Waals surface area contributed by atoms with Crippen LogP contribution in [0.5, 0.6) is 17.2 Å². The molecule has 3 aromatic rings. The molecule has 0 saturated carbocycles. The standard InChI is InChI=1S/C26H24FN3O5/c1-25(2,3)35-24(32)29-22-13-33-14-26(30-22)18-11-15(17-5-4-10-28-23(17)27)6-8-20(18)34-21-9-7-16(31)12-19(21)26/h4-12,31H,13-14H2,1-3H3,(H,29,30,32)/t26-/m0/s1. The molecule has 0 unspecified atom stereocenters. The first-order chi connectivity index (χ1) is 16.6. The van der Waals surface area contributed by atoms with Crippen molar-refractivity contribution in [2.45, 2.75) is 31.9 Å². The number of phenolic OH excluding ortho intramolecular Hbond substituents is 1. The van der Waals surface area contributed by atoms with Crippen molar-refractivity contribution in [3.05, 3.63) is 71.8 Å². The lowest BCUT2D eigenvalue weighted by Crippen LogP contribution is -2.46. The number of benzene rings is 2. The van der Waals surface area contributed by atoms with Crippen LogP contribution in [0.2, 0.25) is 0 Å². The Hall–Kier alpha value is -3.98. The largest absolute Gasteiger partial charge is 0.508 e. The number of amidine groups is 1. The predicted octanol–water partition coefficient (Wildman–Crippen LogP) is 4.90. The predicted molar refractivity (Wildman–Crippen MR) is 126 cm³/mol. The number of phenols is 1. The van der Waals surface area contributed by atoms with E-state index in [1.807, 2.05) is 0 Å². The molecule has 0 fully saturated rings. The van der Waals surface area contributed by atoms with Gasteiger partial charge in [0.15, 0.2) is 0 Å². The number of hydrogen-bond donors (Lipinski definition) is 2. The molecule has 2 N–H and O–H groups in total. The molecule has 1 atom stereocenters. The van der Waals surface area contributed by atoms with Gasteiger partial charge < -0.3 is 19.3 Å². The number of rotatable bonds is 1. The molecule has 1 spiro atoms. The number of pyridine rings is 1. The van der Waals surface area contributed by atoms with E-state index >= 15 is 0 Å². The maximum atomic E-state index is 14.5. The number of carbonyl (C=O) groups is 1. The summed E-state index contributed by atoms with van der Waals surface area (Å²) in [6.45, 7) is 5.46. The molecule has 0 aliphatic carbocycles. The van der Waals surface area contributed by atoms with E-state index in [4.69, 9.17) is 19.2 Å². The number of fused-ring (bicyclic) bond motifs is 4. The molecule has 8 nitrogen and oxygen atoms in total. The third kappa shape index (κ3) is 4.30. The third-order valence-electron chi connectivity index (χ3n) is 5.64. The van der Waals surface area contributed by atoms with Gasteiger partial charge in [-0.2, -0.15) is 4.39 Å². The second-order valence-corrected chi connectivity index (χ2v) is 9.37. The molecule has 2 aliphatic rings. The van der Waals surface area contributed by atoms with Gasteiger partial charge in [0, 0.05) is 22.9 Å². The monoisotopic (exact) mass is 477 g/mol. The summed E-state index contributed by atoms with van der Waals surface area (Å²) in [7, 11) is 0. The number of hydrogen-bond acceptors (Lipinski definition) is 7. The quantitative estimate of drug-likeness (QED) is 0.484. The van der Waals surface area contributed by atoms with Crippen LogP contribution in [-0.4, -0.2) is 40.8 Å². The summed E-state index contributed by atoms with van der Waals surface area (Å²) in [6.07, 6.45) is 0.723. The molecule has 2 aliphatic heterocycles. The van der Waals surface area contributed by atoms with Gasteiger partial charge in [-0.25, -0.2) is 9.78 Å². The fraction of sp³-hybridized carbons (Fsp3) is 0.269. The van der Waals surface area contributed by atoms with Crippen LogP contribution in [-0.2, 0) is 15.0 Å². The van der Waals surface area contributed by atoms with E-state index in [0.29, 0.717) is 33.8 Å². The number of ether oxygens (including phenoxy) is 3. The van der Waals surface area contributed by atoms with Crippen LogP contribution in [0.4, 0.5) is 9.18 Å². The Bertz CT molecular complexity index is 1350. The molecular weight excluding hydrogens is 453 g/mol. The number of aliphatic imine (C=N–C) groups is 1. The molecule has 1 amide bonds. The Labute approximate surface area is 201 Å². The lowest BCUT2D eigenvalue weighted by Gasteiger charge is -2.40. The lowest BCUT2D eigenvalue weighted by atomic mass is 9.79. The molecule has 9 heteroatoms. The summed E-state index contributed by atoms with van der Waals surface area (Å²) in [5, 5.41) is 12.9. The van der Waals surface area contributed by atoms with Gasteiger partial charge in [-0.1, -0.05) is 6.07 Å². The first kappa shape index (κ1) is 22.8. The van der Waals surface area contributed by atoms with Gasteiger partial charge >= 0.3 is 6.09 Å². The van der Waals surface area contributed by atoms with Crippen LogP contribution in [0.15, 0.2) is 59.7 Å². The molecular formula is C26H24FN3O5. The highest BCUT2D eigenvalue weighted by Gasteiger charge is 2.45. The number of alkyl carbamates (subject to hydrolysis) is 1. The smallest absolute Gasteiger partial charge is 0.413 e. The van der Waals surface area contributed by atoms with Crippen molar-refractivity contribution in [3.63, 3.8) is 0 Å². The minimum absolute atomic E-state index is 0.0204. The SMILES string of the molecule is CC(C)(C)OC(=O)NC1=N[C@]2(COC1)c1cc(O)ccc1Oc1ccc(-c3cccnc3F)cc12. The number of carbonyl (C=O) groups excluding carboxylic acids is 1. The number of amides is 1. The Morgan fingerprint density at radius 2 is 1.89 bits per heavy atom. The highest BCUT2D eigenvalue weighted by molar-refractivity contribution is 5.97. The molecule has 1 aromatic heterocycles. The van der Waals surface area contributed by atoms with Gasteiger partial charge in [-0.05, 0) is 68.8 Å². The molecule has 180 valence electrons. The Kier molecular flexibility index (Phi) is 5.44. The fourth-order valence-corrected chi connectivity index (χ4v) is 4.26. The van der Waals surface area contributed by atoms with Crippen LogP contribution in [0.25, 0.3) is 11.1 Å². The van der Waals surface area contributed by atoms with Crippen molar-refractivity contribution in [1.29, 1.82) is 0 Å². The molecule has 0 saturated heterocycles. The van der Waals surface area contributed by atoms with E-state index in [0.717, 1.165) is 0 Å². The molecule has 35 heavy (non-hydrogen) atoms. The van der Waals surface area contributed by atoms with Gasteiger partial charge in [-0.3, -0.25) is 10.3 Å². The summed E-state index contributed by atoms with van der Waals surface area (Å²) < 4.78 is 31.9. The minimum atomic E-state index is -1.17. The van der Waals surface area contributed by atoms with Crippen molar-refractivity contribution in [3.8, 4) is 28.4 Å². The number of nitrogens with zero attached hydrogens (tertiary/aromatic N) is 2. The van der Waals surface area contributed by atoms with E-state index in [1.54, 1.807) is 63.2 Å². The second-order valence-electron chi connectivity index (χ2n) is 9.37. The van der Waals surface area contributed by atoms with Gasteiger partial charge in [0.2, 0.25) is 5.95 Å². The Morgan fingerprint density at radius 1 is 1.14 bits per heavy atom. The van der Waals surface area contributed by atoms with E-state index in [2.05, 4.69) is 10.3 Å². The first-order valence-electron chi connectivity index (χ1n) is 11.1. The van der Waals surface area contributed by atoms with Crippen LogP contribution >= 0.6 is 0 Å².